The van der Waals surface area contributed by atoms with Gasteiger partial charge < -0.3 is 9.80 Å². The Balaban J connectivity index is 1.01. The van der Waals surface area contributed by atoms with Gasteiger partial charge in [-0.05, 0) is 85.8 Å². The zero-order chi connectivity index (χ0) is 30.2. The molecule has 0 fully saturated rings. The number of hydrogen-bond donors (Lipinski definition) is 0. The Bertz CT molecular complexity index is 1990. The number of hydrogen-bond acceptors (Lipinski definition) is 7. The summed E-state index contributed by atoms with van der Waals surface area (Å²) in [6.45, 7) is 2.10. The van der Waals surface area contributed by atoms with E-state index in [0.717, 1.165) is 33.4 Å². The Morgan fingerprint density at radius 2 is 1.13 bits per heavy atom. The normalized spacial score (nSPS) is 13.8. The highest BCUT2D eigenvalue weighted by molar-refractivity contribution is 8.00. The lowest BCUT2D eigenvalue weighted by molar-refractivity contribution is 1.02. The average Bonchev–Trinajstić information content (AvgIpc) is 3.57. The van der Waals surface area contributed by atoms with E-state index in [1.165, 1.54) is 42.3 Å². The van der Waals surface area contributed by atoms with Crippen molar-refractivity contribution < 1.29 is 0 Å². The molecule has 0 atom stereocenters. The van der Waals surface area contributed by atoms with Gasteiger partial charge in [-0.1, -0.05) is 95.5 Å². The van der Waals surface area contributed by atoms with Gasteiger partial charge in [-0.3, -0.25) is 0 Å². The van der Waals surface area contributed by atoms with Crippen LogP contribution in [-0.2, 0) is 6.42 Å². The van der Waals surface area contributed by atoms with Gasteiger partial charge in [-0.15, -0.1) is 10.2 Å². The van der Waals surface area contributed by atoms with E-state index in [-0.39, 0.29) is 0 Å². The van der Waals surface area contributed by atoms with Crippen LogP contribution in [0, 0.1) is 0 Å². The Morgan fingerprint density at radius 3 is 1.69 bits per heavy atom. The predicted molar refractivity (Wildman–Crippen MR) is 190 cm³/mol. The van der Waals surface area contributed by atoms with Gasteiger partial charge in [0.2, 0.25) is 0 Å². The summed E-state index contributed by atoms with van der Waals surface area (Å²) in [5.74, 6) is 0. The number of rotatable bonds is 6. The zero-order valence-corrected chi connectivity index (χ0v) is 26.9. The molecular formula is C38H28N4S3. The lowest BCUT2D eigenvalue weighted by Crippen LogP contribution is -2.19. The fourth-order valence-corrected chi connectivity index (χ4v) is 8.69. The molecule has 8 rings (SSSR count). The number of aromatic nitrogens is 2. The highest BCUT2D eigenvalue weighted by atomic mass is 32.2. The second-order valence-corrected chi connectivity index (χ2v) is 13.8. The van der Waals surface area contributed by atoms with Crippen molar-refractivity contribution in [1.29, 1.82) is 0 Å². The summed E-state index contributed by atoms with van der Waals surface area (Å²) >= 11 is 5.30. The SMILES string of the molecule is C/C=C(\C=C/Cc1nnc(-c2ccc(N3c4ccccc4Sc4ccccc43)cc2)s1)N1c2ccccc2Sc2ccccc21. The number of nitrogens with zero attached hydrogens (tertiary/aromatic N) is 4. The van der Waals surface area contributed by atoms with Crippen LogP contribution in [0.4, 0.5) is 28.4 Å². The van der Waals surface area contributed by atoms with Crippen molar-refractivity contribution in [1.82, 2.24) is 10.2 Å². The number of para-hydroxylation sites is 4. The number of fused-ring (bicyclic) bond motifs is 4. The van der Waals surface area contributed by atoms with Crippen molar-refractivity contribution >= 4 is 63.3 Å². The van der Waals surface area contributed by atoms with Crippen LogP contribution in [-0.4, -0.2) is 10.2 Å². The standard InChI is InChI=1S/C38H28N4S3/c1-2-27(41-29-13-3-7-17-33(29)43-34-18-8-4-14-30(34)41)12-11-21-37-39-40-38(45-37)26-22-24-28(25-23-26)42-31-15-5-9-19-35(31)44-36-20-10-6-16-32(36)42/h2-20,22-25H,21H2,1H3/b12-11-,27-2+. The monoisotopic (exact) mass is 636 g/mol. The van der Waals surface area contributed by atoms with Crippen LogP contribution in [0.15, 0.2) is 165 Å². The molecule has 5 aromatic carbocycles. The third-order valence-corrected chi connectivity index (χ3v) is 11.1. The maximum Gasteiger partial charge on any atom is 0.147 e. The van der Waals surface area contributed by atoms with Crippen LogP contribution in [0.25, 0.3) is 10.6 Å². The average molecular weight is 637 g/mol. The van der Waals surface area contributed by atoms with E-state index < -0.39 is 0 Å². The van der Waals surface area contributed by atoms with Gasteiger partial charge in [0.15, 0.2) is 0 Å². The molecule has 0 saturated carbocycles. The first-order valence-corrected chi connectivity index (χ1v) is 17.3. The maximum atomic E-state index is 4.56. The molecule has 0 saturated heterocycles. The smallest absolute Gasteiger partial charge is 0.147 e. The molecule has 1 aromatic heterocycles. The van der Waals surface area contributed by atoms with Crippen molar-refractivity contribution in [3.05, 3.63) is 150 Å². The minimum absolute atomic E-state index is 0.720. The van der Waals surface area contributed by atoms with Crippen LogP contribution in [0.5, 0.6) is 0 Å². The molecule has 3 heterocycles. The molecule has 4 nitrogen and oxygen atoms in total. The first kappa shape index (κ1) is 28.0. The minimum atomic E-state index is 0.720. The quantitative estimate of drug-likeness (QED) is 0.169. The van der Waals surface area contributed by atoms with Crippen LogP contribution in [0.3, 0.4) is 0 Å². The third kappa shape index (κ3) is 5.27. The summed E-state index contributed by atoms with van der Waals surface area (Å²) in [6, 6.07) is 43.1. The van der Waals surface area contributed by atoms with Crippen molar-refractivity contribution in [2.45, 2.75) is 32.9 Å². The van der Waals surface area contributed by atoms with Gasteiger partial charge in [0.25, 0.3) is 0 Å². The van der Waals surface area contributed by atoms with Crippen molar-refractivity contribution in [2.24, 2.45) is 0 Å². The molecule has 0 N–H and O–H groups in total. The summed E-state index contributed by atoms with van der Waals surface area (Å²) in [7, 11) is 0. The number of allylic oxidation sites excluding steroid dienone is 3. The first-order chi connectivity index (χ1) is 22.3. The maximum absolute atomic E-state index is 4.56. The summed E-state index contributed by atoms with van der Waals surface area (Å²) in [5, 5.41) is 11.0. The molecular weight excluding hydrogens is 609 g/mol. The van der Waals surface area contributed by atoms with E-state index in [1.54, 1.807) is 11.3 Å². The van der Waals surface area contributed by atoms with Gasteiger partial charge >= 0.3 is 0 Å². The number of anilines is 5. The lowest BCUT2D eigenvalue weighted by Gasteiger charge is -2.33. The molecule has 0 amide bonds. The lowest BCUT2D eigenvalue weighted by atomic mass is 10.1. The van der Waals surface area contributed by atoms with Crippen LogP contribution in [0.1, 0.15) is 11.9 Å². The van der Waals surface area contributed by atoms with Crippen molar-refractivity contribution in [3.63, 3.8) is 0 Å². The summed E-state index contributed by atoms with van der Waals surface area (Å²) < 4.78 is 0. The van der Waals surface area contributed by atoms with E-state index in [0.29, 0.717) is 0 Å². The van der Waals surface area contributed by atoms with Gasteiger partial charge in [-0.2, -0.15) is 0 Å². The van der Waals surface area contributed by atoms with Crippen LogP contribution < -0.4 is 9.80 Å². The molecule has 2 aliphatic rings. The zero-order valence-electron chi connectivity index (χ0n) is 24.5. The molecule has 45 heavy (non-hydrogen) atoms. The highest BCUT2D eigenvalue weighted by Crippen LogP contribution is 2.52. The summed E-state index contributed by atoms with van der Waals surface area (Å²) in [4.78, 5) is 9.74. The van der Waals surface area contributed by atoms with E-state index >= 15 is 0 Å². The second-order valence-electron chi connectivity index (χ2n) is 10.6. The van der Waals surface area contributed by atoms with Crippen molar-refractivity contribution in [2.75, 3.05) is 9.80 Å². The predicted octanol–water partition coefficient (Wildman–Crippen LogP) is 11.4. The fraction of sp³-hybridized carbons (Fsp3) is 0.0526. The Kier molecular flexibility index (Phi) is 7.51. The van der Waals surface area contributed by atoms with Crippen LogP contribution >= 0.6 is 34.9 Å². The van der Waals surface area contributed by atoms with Crippen LogP contribution in [0.2, 0.25) is 0 Å². The first-order valence-electron chi connectivity index (χ1n) is 14.8. The van der Waals surface area contributed by atoms with Gasteiger partial charge in [0.1, 0.15) is 10.0 Å². The van der Waals surface area contributed by atoms with E-state index in [2.05, 4.69) is 166 Å². The molecule has 7 heteroatoms. The molecule has 6 aromatic rings. The molecule has 0 aliphatic carbocycles. The summed E-state index contributed by atoms with van der Waals surface area (Å²) in [6.07, 6.45) is 7.29. The molecule has 218 valence electrons. The van der Waals surface area contributed by atoms with E-state index in [9.17, 15) is 0 Å². The second kappa shape index (κ2) is 12.1. The molecule has 0 radical (unpaired) electrons. The summed E-state index contributed by atoms with van der Waals surface area (Å²) in [5.41, 5.74) is 8.16. The molecule has 2 aliphatic heterocycles. The molecule has 0 unspecified atom stereocenters. The molecule has 0 spiro atoms. The number of benzene rings is 5. The minimum Gasteiger partial charge on any atom is -0.309 e. The third-order valence-electron chi connectivity index (χ3n) is 7.84. The Labute approximate surface area is 275 Å². The van der Waals surface area contributed by atoms with E-state index in [1.807, 2.05) is 23.5 Å². The highest BCUT2D eigenvalue weighted by Gasteiger charge is 2.25. The van der Waals surface area contributed by atoms with Gasteiger partial charge in [-0.25, -0.2) is 0 Å². The largest absolute Gasteiger partial charge is 0.309 e. The molecule has 0 bridgehead atoms. The fourth-order valence-electron chi connectivity index (χ4n) is 5.75. The van der Waals surface area contributed by atoms with Gasteiger partial charge in [0.05, 0.1) is 22.7 Å². The van der Waals surface area contributed by atoms with E-state index in [4.69, 9.17) is 0 Å². The Hall–Kier alpha value is -4.56. The van der Waals surface area contributed by atoms with Gasteiger partial charge in [0, 0.05) is 43.0 Å². The van der Waals surface area contributed by atoms with Crippen molar-refractivity contribution in [3.8, 4) is 10.6 Å². The Morgan fingerprint density at radius 1 is 0.622 bits per heavy atom. The topological polar surface area (TPSA) is 32.3 Å².